The van der Waals surface area contributed by atoms with Crippen molar-refractivity contribution in [2.24, 2.45) is 5.73 Å². The lowest BCUT2D eigenvalue weighted by Gasteiger charge is -2.19. The molecule has 0 spiro atoms. The van der Waals surface area contributed by atoms with Crippen LogP contribution in [0.1, 0.15) is 6.42 Å². The van der Waals surface area contributed by atoms with Crippen LogP contribution in [0.3, 0.4) is 0 Å². The topological polar surface area (TPSA) is 46.3 Å². The minimum Gasteiger partial charge on any atom is -0.337 e. The molecule has 0 saturated carbocycles. The molecule has 1 heterocycles. The normalized spacial score (nSPS) is 29.0. The van der Waals surface area contributed by atoms with Gasteiger partial charge in [0.1, 0.15) is 6.67 Å². The maximum Gasteiger partial charge on any atom is 0.246 e. The van der Waals surface area contributed by atoms with E-state index in [9.17, 15) is 9.18 Å². The summed E-state index contributed by atoms with van der Waals surface area (Å²) in [4.78, 5) is 12.6. The van der Waals surface area contributed by atoms with E-state index in [0.717, 1.165) is 0 Å². The Balaban J connectivity index is 2.56. The SMILES string of the molecule is C=CC(=O)N1CCC(N)(CF)C1. The van der Waals surface area contributed by atoms with Crippen LogP contribution in [0.4, 0.5) is 4.39 Å². The number of halogens is 1. The Bertz CT molecular complexity index is 207. The van der Waals surface area contributed by atoms with Gasteiger partial charge in [0.25, 0.3) is 0 Å². The highest BCUT2D eigenvalue weighted by atomic mass is 19.1. The van der Waals surface area contributed by atoms with Gasteiger partial charge in [-0.3, -0.25) is 4.79 Å². The van der Waals surface area contributed by atoms with Crippen LogP contribution >= 0.6 is 0 Å². The Kier molecular flexibility index (Phi) is 2.47. The smallest absolute Gasteiger partial charge is 0.246 e. The number of carbonyl (C=O) groups excluding carboxylic acids is 1. The number of amides is 1. The molecule has 1 amide bonds. The molecule has 3 nitrogen and oxygen atoms in total. The Hall–Kier alpha value is -0.900. The molecule has 1 atom stereocenters. The van der Waals surface area contributed by atoms with Gasteiger partial charge in [-0.25, -0.2) is 4.39 Å². The van der Waals surface area contributed by atoms with Crippen LogP contribution in [-0.4, -0.2) is 36.1 Å². The van der Waals surface area contributed by atoms with Gasteiger partial charge in [0.2, 0.25) is 5.91 Å². The van der Waals surface area contributed by atoms with Crippen molar-refractivity contribution in [3.63, 3.8) is 0 Å². The summed E-state index contributed by atoms with van der Waals surface area (Å²) in [5, 5.41) is 0. The molecule has 0 radical (unpaired) electrons. The zero-order valence-electron chi connectivity index (χ0n) is 6.92. The Labute approximate surface area is 71.0 Å². The fourth-order valence-corrected chi connectivity index (χ4v) is 1.32. The predicted octanol–water partition coefficient (Wildman–Crippen LogP) is 0.0717. The quantitative estimate of drug-likeness (QED) is 0.599. The molecule has 1 rings (SSSR count). The molecule has 68 valence electrons. The van der Waals surface area contributed by atoms with Crippen molar-refractivity contribution in [3.05, 3.63) is 12.7 Å². The van der Waals surface area contributed by atoms with Crippen molar-refractivity contribution >= 4 is 5.91 Å². The predicted molar refractivity (Wildman–Crippen MR) is 44.3 cm³/mol. The summed E-state index contributed by atoms with van der Waals surface area (Å²) in [7, 11) is 0. The molecule has 1 saturated heterocycles. The van der Waals surface area contributed by atoms with E-state index in [1.165, 1.54) is 11.0 Å². The van der Waals surface area contributed by atoms with Crippen molar-refractivity contribution in [2.75, 3.05) is 19.8 Å². The summed E-state index contributed by atoms with van der Waals surface area (Å²) in [6.45, 7) is 3.61. The van der Waals surface area contributed by atoms with E-state index in [1.54, 1.807) is 0 Å². The first-order valence-corrected chi connectivity index (χ1v) is 3.87. The number of nitrogens with zero attached hydrogens (tertiary/aromatic N) is 1. The van der Waals surface area contributed by atoms with Crippen molar-refractivity contribution < 1.29 is 9.18 Å². The maximum absolute atomic E-state index is 12.3. The molecule has 1 unspecified atom stereocenters. The van der Waals surface area contributed by atoms with Crippen molar-refractivity contribution in [2.45, 2.75) is 12.0 Å². The van der Waals surface area contributed by atoms with Crippen LogP contribution in [0.2, 0.25) is 0 Å². The number of hydrogen-bond donors (Lipinski definition) is 1. The molecule has 4 heteroatoms. The van der Waals surface area contributed by atoms with Crippen LogP contribution in [0.15, 0.2) is 12.7 Å². The minimum atomic E-state index is -0.821. The molecule has 0 aliphatic carbocycles. The summed E-state index contributed by atoms with van der Waals surface area (Å²) >= 11 is 0. The zero-order valence-corrected chi connectivity index (χ0v) is 6.92. The van der Waals surface area contributed by atoms with E-state index in [1.807, 2.05) is 0 Å². The van der Waals surface area contributed by atoms with Gasteiger partial charge in [-0.2, -0.15) is 0 Å². The Morgan fingerprint density at radius 3 is 2.92 bits per heavy atom. The standard InChI is InChI=1S/C8H13FN2O/c1-2-7(12)11-4-3-8(10,5-9)6-11/h2H,1,3-6,10H2. The highest BCUT2D eigenvalue weighted by Gasteiger charge is 2.35. The van der Waals surface area contributed by atoms with Gasteiger partial charge in [0.15, 0.2) is 0 Å². The molecule has 12 heavy (non-hydrogen) atoms. The van der Waals surface area contributed by atoms with Crippen molar-refractivity contribution in [1.29, 1.82) is 0 Å². The molecule has 0 bridgehead atoms. The highest BCUT2D eigenvalue weighted by Crippen LogP contribution is 2.19. The average Bonchev–Trinajstić information content (AvgIpc) is 2.48. The van der Waals surface area contributed by atoms with Crippen molar-refractivity contribution in [1.82, 2.24) is 4.90 Å². The molecule has 0 aromatic heterocycles. The van der Waals surface area contributed by atoms with Crippen LogP contribution in [0, 0.1) is 0 Å². The van der Waals surface area contributed by atoms with E-state index in [4.69, 9.17) is 5.73 Å². The lowest BCUT2D eigenvalue weighted by molar-refractivity contribution is -0.125. The first-order valence-electron chi connectivity index (χ1n) is 3.87. The largest absolute Gasteiger partial charge is 0.337 e. The third-order valence-corrected chi connectivity index (χ3v) is 2.14. The maximum atomic E-state index is 12.3. The van der Waals surface area contributed by atoms with Gasteiger partial charge in [-0.05, 0) is 12.5 Å². The fraction of sp³-hybridized carbons (Fsp3) is 0.625. The van der Waals surface area contributed by atoms with Crippen molar-refractivity contribution in [3.8, 4) is 0 Å². The number of carbonyl (C=O) groups is 1. The van der Waals surface area contributed by atoms with Gasteiger partial charge in [-0.15, -0.1) is 0 Å². The fourth-order valence-electron chi connectivity index (χ4n) is 1.32. The molecule has 1 fully saturated rings. The number of hydrogen-bond acceptors (Lipinski definition) is 2. The van der Waals surface area contributed by atoms with E-state index in [0.29, 0.717) is 19.5 Å². The molecule has 2 N–H and O–H groups in total. The number of alkyl halides is 1. The van der Waals surface area contributed by atoms with E-state index in [-0.39, 0.29) is 5.91 Å². The summed E-state index contributed by atoms with van der Waals surface area (Å²) in [5.74, 6) is -0.171. The monoisotopic (exact) mass is 172 g/mol. The third-order valence-electron chi connectivity index (χ3n) is 2.14. The molecule has 0 aromatic carbocycles. The third kappa shape index (κ3) is 1.64. The van der Waals surface area contributed by atoms with E-state index in [2.05, 4.69) is 6.58 Å². The number of likely N-dealkylation sites (tertiary alicyclic amines) is 1. The second-order valence-electron chi connectivity index (χ2n) is 3.21. The van der Waals surface area contributed by atoms with Gasteiger partial charge in [0.05, 0.1) is 5.54 Å². The first-order chi connectivity index (χ1) is 5.61. The van der Waals surface area contributed by atoms with Crippen LogP contribution in [0.5, 0.6) is 0 Å². The summed E-state index contributed by atoms with van der Waals surface area (Å²) in [6, 6.07) is 0. The van der Waals surface area contributed by atoms with Gasteiger partial charge in [-0.1, -0.05) is 6.58 Å². The average molecular weight is 172 g/mol. The highest BCUT2D eigenvalue weighted by molar-refractivity contribution is 5.87. The summed E-state index contributed by atoms with van der Waals surface area (Å²) in [5.41, 5.74) is 4.82. The second kappa shape index (κ2) is 3.23. The molecular formula is C8H13FN2O. The first kappa shape index (κ1) is 9.19. The van der Waals surface area contributed by atoms with Crippen LogP contribution < -0.4 is 5.73 Å². The van der Waals surface area contributed by atoms with E-state index < -0.39 is 12.2 Å². The van der Waals surface area contributed by atoms with Gasteiger partial charge in [0, 0.05) is 13.1 Å². The Morgan fingerprint density at radius 1 is 1.83 bits per heavy atom. The molecular weight excluding hydrogens is 159 g/mol. The zero-order chi connectivity index (χ0) is 9.19. The molecule has 0 aromatic rings. The van der Waals surface area contributed by atoms with E-state index >= 15 is 0 Å². The lowest BCUT2D eigenvalue weighted by Crippen LogP contribution is -2.45. The summed E-state index contributed by atoms with van der Waals surface area (Å²) < 4.78 is 12.3. The van der Waals surface area contributed by atoms with Gasteiger partial charge < -0.3 is 10.6 Å². The summed E-state index contributed by atoms with van der Waals surface area (Å²) in [6.07, 6.45) is 1.76. The molecule has 1 aliphatic rings. The number of nitrogens with two attached hydrogens (primary N) is 1. The Morgan fingerprint density at radius 2 is 2.50 bits per heavy atom. The van der Waals surface area contributed by atoms with Crippen LogP contribution in [0.25, 0.3) is 0 Å². The lowest BCUT2D eigenvalue weighted by atomic mass is 10.0. The molecule has 1 aliphatic heterocycles. The second-order valence-corrected chi connectivity index (χ2v) is 3.21. The minimum absolute atomic E-state index is 0.171. The van der Waals surface area contributed by atoms with Gasteiger partial charge >= 0.3 is 0 Å². The number of rotatable bonds is 2. The van der Waals surface area contributed by atoms with Crippen LogP contribution in [-0.2, 0) is 4.79 Å².